The first-order valence-electron chi connectivity index (χ1n) is 10.5. The molecular weight excluding hydrogens is 400 g/mol. The standard InChI is InChI=1S/C24H22N8/c1-18-12-20(19-2-4-21(5-3-19)32-16-28-29-17-32)13-23(22(18)14-25)30-8-10-31(11-9-30)24-6-7-26-15-27-24/h2-7,12-13,15-17H,8-11H2,1H3. The summed E-state index contributed by atoms with van der Waals surface area (Å²) in [5.74, 6) is 0.943. The van der Waals surface area contributed by atoms with Crippen molar-refractivity contribution in [1.29, 1.82) is 5.26 Å². The van der Waals surface area contributed by atoms with Crippen LogP contribution in [0.4, 0.5) is 11.5 Å². The molecule has 4 aromatic rings. The van der Waals surface area contributed by atoms with Crippen LogP contribution in [0.15, 0.2) is 67.6 Å². The van der Waals surface area contributed by atoms with Crippen LogP contribution in [-0.2, 0) is 0 Å². The van der Waals surface area contributed by atoms with Crippen LogP contribution in [-0.4, -0.2) is 50.9 Å². The highest BCUT2D eigenvalue weighted by Gasteiger charge is 2.22. The molecule has 1 aliphatic rings. The molecule has 8 nitrogen and oxygen atoms in total. The van der Waals surface area contributed by atoms with E-state index in [1.807, 2.05) is 29.7 Å². The molecule has 0 atom stereocenters. The van der Waals surface area contributed by atoms with Crippen molar-refractivity contribution in [2.75, 3.05) is 36.0 Å². The predicted molar refractivity (Wildman–Crippen MR) is 123 cm³/mol. The van der Waals surface area contributed by atoms with Gasteiger partial charge in [0.2, 0.25) is 0 Å². The maximum atomic E-state index is 9.84. The van der Waals surface area contributed by atoms with Gasteiger partial charge in [-0.25, -0.2) is 9.97 Å². The van der Waals surface area contributed by atoms with Crippen molar-refractivity contribution in [3.8, 4) is 22.9 Å². The fraction of sp³-hybridized carbons (Fsp3) is 0.208. The Bertz CT molecular complexity index is 1240. The Morgan fingerprint density at radius 1 is 0.875 bits per heavy atom. The van der Waals surface area contributed by atoms with Gasteiger partial charge >= 0.3 is 0 Å². The normalized spacial score (nSPS) is 13.8. The molecule has 2 aromatic carbocycles. The third-order valence-corrected chi connectivity index (χ3v) is 5.85. The lowest BCUT2D eigenvalue weighted by atomic mass is 9.97. The Labute approximate surface area is 186 Å². The third-order valence-electron chi connectivity index (χ3n) is 5.85. The molecule has 0 amide bonds. The van der Waals surface area contributed by atoms with E-state index in [0.29, 0.717) is 0 Å². The minimum Gasteiger partial charge on any atom is -0.367 e. The number of rotatable bonds is 4. The average molecular weight is 422 g/mol. The van der Waals surface area contributed by atoms with Gasteiger partial charge in [-0.3, -0.25) is 4.57 Å². The van der Waals surface area contributed by atoms with Crippen molar-refractivity contribution in [1.82, 2.24) is 24.7 Å². The topological polar surface area (TPSA) is 86.8 Å². The highest BCUT2D eigenvalue weighted by molar-refractivity contribution is 5.75. The van der Waals surface area contributed by atoms with Gasteiger partial charge in [-0.2, -0.15) is 5.26 Å². The molecule has 8 heteroatoms. The molecule has 1 aliphatic heterocycles. The second-order valence-electron chi connectivity index (χ2n) is 7.76. The molecular formula is C24H22N8. The zero-order valence-corrected chi connectivity index (χ0v) is 17.8. The zero-order valence-electron chi connectivity index (χ0n) is 17.8. The molecule has 32 heavy (non-hydrogen) atoms. The van der Waals surface area contributed by atoms with E-state index in [0.717, 1.165) is 65.6 Å². The van der Waals surface area contributed by atoms with Crippen molar-refractivity contribution in [2.45, 2.75) is 6.92 Å². The third kappa shape index (κ3) is 3.76. The maximum Gasteiger partial charge on any atom is 0.132 e. The SMILES string of the molecule is Cc1cc(-c2ccc(-n3cnnc3)cc2)cc(N2CCN(c3ccncn3)CC2)c1C#N. The second kappa shape index (κ2) is 8.47. The number of benzene rings is 2. The van der Waals surface area contributed by atoms with E-state index >= 15 is 0 Å². The summed E-state index contributed by atoms with van der Waals surface area (Å²) < 4.78 is 1.87. The number of hydrogen-bond acceptors (Lipinski definition) is 7. The number of hydrogen-bond donors (Lipinski definition) is 0. The number of anilines is 2. The first-order chi connectivity index (χ1) is 15.7. The van der Waals surface area contributed by atoms with Gasteiger partial charge < -0.3 is 9.80 Å². The highest BCUT2D eigenvalue weighted by Crippen LogP contribution is 2.32. The summed E-state index contributed by atoms with van der Waals surface area (Å²) in [6, 6.07) is 16.9. The average Bonchev–Trinajstić information content (AvgIpc) is 3.39. The molecule has 0 N–H and O–H groups in total. The summed E-state index contributed by atoms with van der Waals surface area (Å²) in [7, 11) is 0. The van der Waals surface area contributed by atoms with Gasteiger partial charge in [0.05, 0.1) is 11.3 Å². The lowest BCUT2D eigenvalue weighted by Crippen LogP contribution is -2.47. The van der Waals surface area contributed by atoms with E-state index in [-0.39, 0.29) is 0 Å². The highest BCUT2D eigenvalue weighted by atomic mass is 15.3. The molecule has 5 rings (SSSR count). The van der Waals surface area contributed by atoms with Crippen LogP contribution >= 0.6 is 0 Å². The van der Waals surface area contributed by atoms with E-state index in [9.17, 15) is 5.26 Å². The Hall–Kier alpha value is -4.25. The molecule has 0 unspecified atom stereocenters. The number of nitrogens with zero attached hydrogens (tertiary/aromatic N) is 8. The first kappa shape index (κ1) is 19.7. The monoisotopic (exact) mass is 422 g/mol. The summed E-state index contributed by atoms with van der Waals surface area (Å²) in [6.07, 6.45) is 6.71. The van der Waals surface area contributed by atoms with Crippen molar-refractivity contribution >= 4 is 11.5 Å². The number of aromatic nitrogens is 5. The Kier molecular flexibility index (Phi) is 5.22. The minimum atomic E-state index is 0.741. The summed E-state index contributed by atoms with van der Waals surface area (Å²) in [4.78, 5) is 12.9. The van der Waals surface area contributed by atoms with Gasteiger partial charge in [0.15, 0.2) is 0 Å². The molecule has 0 bridgehead atoms. The fourth-order valence-corrected chi connectivity index (χ4v) is 4.14. The Morgan fingerprint density at radius 3 is 2.25 bits per heavy atom. The Balaban J connectivity index is 1.41. The molecule has 0 spiro atoms. The Morgan fingerprint density at radius 2 is 1.59 bits per heavy atom. The van der Waals surface area contributed by atoms with Crippen LogP contribution in [0.1, 0.15) is 11.1 Å². The van der Waals surface area contributed by atoms with Crippen molar-refractivity contribution in [3.05, 3.63) is 78.8 Å². The lowest BCUT2D eigenvalue weighted by molar-refractivity contribution is 0.646. The predicted octanol–water partition coefficient (Wildman–Crippen LogP) is 3.23. The molecule has 1 fully saturated rings. The van der Waals surface area contributed by atoms with Crippen LogP contribution in [0.3, 0.4) is 0 Å². The van der Waals surface area contributed by atoms with Gasteiger partial charge in [-0.05, 0) is 53.9 Å². The van der Waals surface area contributed by atoms with Crippen LogP contribution in [0.2, 0.25) is 0 Å². The van der Waals surface area contributed by atoms with E-state index in [1.165, 1.54) is 0 Å². The molecule has 0 radical (unpaired) electrons. The van der Waals surface area contributed by atoms with Crippen molar-refractivity contribution < 1.29 is 0 Å². The number of aryl methyl sites for hydroxylation is 1. The zero-order chi connectivity index (χ0) is 21.9. The number of piperazine rings is 1. The van der Waals surface area contributed by atoms with Crippen molar-refractivity contribution in [2.24, 2.45) is 0 Å². The molecule has 3 heterocycles. The van der Waals surface area contributed by atoms with E-state index in [4.69, 9.17) is 0 Å². The molecule has 158 valence electrons. The minimum absolute atomic E-state index is 0.741. The molecule has 0 saturated carbocycles. The van der Waals surface area contributed by atoms with E-state index < -0.39 is 0 Å². The molecule has 2 aromatic heterocycles. The first-order valence-corrected chi connectivity index (χ1v) is 10.5. The number of nitriles is 1. The quantitative estimate of drug-likeness (QED) is 0.499. The van der Waals surface area contributed by atoms with Crippen molar-refractivity contribution in [3.63, 3.8) is 0 Å². The van der Waals surface area contributed by atoms with Gasteiger partial charge in [0.25, 0.3) is 0 Å². The smallest absolute Gasteiger partial charge is 0.132 e. The summed E-state index contributed by atoms with van der Waals surface area (Å²) in [5, 5.41) is 17.6. The molecule has 0 aliphatic carbocycles. The van der Waals surface area contributed by atoms with Crippen LogP contribution < -0.4 is 9.80 Å². The second-order valence-corrected chi connectivity index (χ2v) is 7.76. The maximum absolute atomic E-state index is 9.84. The van der Waals surface area contributed by atoms with Crippen LogP contribution in [0.25, 0.3) is 16.8 Å². The van der Waals surface area contributed by atoms with Crippen LogP contribution in [0, 0.1) is 18.3 Å². The molecule has 1 saturated heterocycles. The van der Waals surface area contributed by atoms with Gasteiger partial charge in [0, 0.05) is 38.1 Å². The van der Waals surface area contributed by atoms with Gasteiger partial charge in [0.1, 0.15) is 30.9 Å². The van der Waals surface area contributed by atoms with E-state index in [2.05, 4.69) is 60.3 Å². The lowest BCUT2D eigenvalue weighted by Gasteiger charge is -2.37. The van der Waals surface area contributed by atoms with Crippen LogP contribution in [0.5, 0.6) is 0 Å². The fourth-order valence-electron chi connectivity index (χ4n) is 4.14. The van der Waals surface area contributed by atoms with Gasteiger partial charge in [-0.15, -0.1) is 10.2 Å². The summed E-state index contributed by atoms with van der Waals surface area (Å²) in [6.45, 7) is 5.36. The van der Waals surface area contributed by atoms with Gasteiger partial charge in [-0.1, -0.05) is 12.1 Å². The van der Waals surface area contributed by atoms with E-state index in [1.54, 1.807) is 25.2 Å². The summed E-state index contributed by atoms with van der Waals surface area (Å²) >= 11 is 0. The largest absolute Gasteiger partial charge is 0.367 e. The summed E-state index contributed by atoms with van der Waals surface area (Å²) in [5.41, 5.74) is 5.93.